The quantitative estimate of drug-likeness (QED) is 0.405. The van der Waals surface area contributed by atoms with Gasteiger partial charge in [-0.2, -0.15) is 0 Å². The van der Waals surface area contributed by atoms with Gasteiger partial charge < -0.3 is 4.90 Å². The average Bonchev–Trinajstić information content (AvgIpc) is 2.70. The molecule has 0 saturated carbocycles. The summed E-state index contributed by atoms with van der Waals surface area (Å²) in [5.74, 6) is 0. The largest absolute Gasteiger partial charge is 0.342 e. The molecule has 0 unspecified atom stereocenters. The SMILES string of the molecule is CCN(c1ccccc1)c1ccc(-c2ccc3ccccc3c2)cc1. The molecule has 0 fully saturated rings. The molecule has 0 amide bonds. The van der Waals surface area contributed by atoms with E-state index in [4.69, 9.17) is 0 Å². The number of anilines is 2. The molecule has 0 aliphatic rings. The monoisotopic (exact) mass is 323 g/mol. The van der Waals surface area contributed by atoms with E-state index >= 15 is 0 Å². The van der Waals surface area contributed by atoms with Gasteiger partial charge in [0.2, 0.25) is 0 Å². The lowest BCUT2D eigenvalue weighted by Crippen LogP contribution is -2.15. The number of fused-ring (bicyclic) bond motifs is 1. The van der Waals surface area contributed by atoms with Crippen LogP contribution in [0, 0.1) is 0 Å². The maximum atomic E-state index is 2.32. The predicted octanol–water partition coefficient (Wildman–Crippen LogP) is 6.66. The first kappa shape index (κ1) is 15.5. The van der Waals surface area contributed by atoms with Crippen LogP contribution in [-0.2, 0) is 0 Å². The zero-order chi connectivity index (χ0) is 17.1. The lowest BCUT2D eigenvalue weighted by Gasteiger charge is -2.23. The summed E-state index contributed by atoms with van der Waals surface area (Å²) in [6.45, 7) is 3.13. The van der Waals surface area contributed by atoms with Crippen LogP contribution < -0.4 is 4.90 Å². The molecular formula is C24H21N. The summed E-state index contributed by atoms with van der Waals surface area (Å²) in [5.41, 5.74) is 4.95. The zero-order valence-electron chi connectivity index (χ0n) is 14.4. The smallest absolute Gasteiger partial charge is 0.0411 e. The minimum absolute atomic E-state index is 0.944. The Morgan fingerprint density at radius 2 is 1.16 bits per heavy atom. The van der Waals surface area contributed by atoms with Crippen molar-refractivity contribution in [2.24, 2.45) is 0 Å². The summed E-state index contributed by atoms with van der Waals surface area (Å²) in [6, 6.07) is 34.5. The van der Waals surface area contributed by atoms with Gasteiger partial charge in [-0.05, 0) is 59.2 Å². The zero-order valence-corrected chi connectivity index (χ0v) is 14.4. The Morgan fingerprint density at radius 1 is 0.560 bits per heavy atom. The van der Waals surface area contributed by atoms with E-state index in [1.807, 2.05) is 0 Å². The fraction of sp³-hybridized carbons (Fsp3) is 0.0833. The van der Waals surface area contributed by atoms with E-state index < -0.39 is 0 Å². The van der Waals surface area contributed by atoms with Gasteiger partial charge in [0.25, 0.3) is 0 Å². The van der Waals surface area contributed by atoms with Crippen molar-refractivity contribution >= 4 is 22.1 Å². The second-order valence-corrected chi connectivity index (χ2v) is 6.19. The molecule has 0 aliphatic carbocycles. The Morgan fingerprint density at radius 3 is 1.88 bits per heavy atom. The Labute approximate surface area is 149 Å². The van der Waals surface area contributed by atoms with Crippen LogP contribution in [0.4, 0.5) is 11.4 Å². The van der Waals surface area contributed by atoms with Gasteiger partial charge >= 0.3 is 0 Å². The number of hydrogen-bond acceptors (Lipinski definition) is 1. The third kappa shape index (κ3) is 3.14. The molecule has 1 nitrogen and oxygen atoms in total. The summed E-state index contributed by atoms with van der Waals surface area (Å²) in [4.78, 5) is 2.32. The van der Waals surface area contributed by atoms with E-state index in [0.29, 0.717) is 0 Å². The van der Waals surface area contributed by atoms with E-state index in [9.17, 15) is 0 Å². The molecule has 1 heteroatoms. The fourth-order valence-corrected chi connectivity index (χ4v) is 3.32. The van der Waals surface area contributed by atoms with Crippen LogP contribution in [0.25, 0.3) is 21.9 Å². The van der Waals surface area contributed by atoms with Gasteiger partial charge in [-0.25, -0.2) is 0 Å². The van der Waals surface area contributed by atoms with Crippen LogP contribution in [0.3, 0.4) is 0 Å². The maximum absolute atomic E-state index is 2.32. The second kappa shape index (κ2) is 6.82. The first-order chi connectivity index (χ1) is 12.3. The minimum atomic E-state index is 0.944. The highest BCUT2D eigenvalue weighted by molar-refractivity contribution is 5.87. The number of rotatable bonds is 4. The van der Waals surface area contributed by atoms with Crippen molar-refractivity contribution in [3.63, 3.8) is 0 Å². The second-order valence-electron chi connectivity index (χ2n) is 6.19. The summed E-state index contributed by atoms with van der Waals surface area (Å²) in [5, 5.41) is 2.56. The lowest BCUT2D eigenvalue weighted by molar-refractivity contribution is 1.02. The van der Waals surface area contributed by atoms with E-state index in [0.717, 1.165) is 6.54 Å². The molecule has 0 N–H and O–H groups in total. The van der Waals surface area contributed by atoms with Crippen LogP contribution in [0.15, 0.2) is 97.1 Å². The number of benzene rings is 4. The summed E-state index contributed by atoms with van der Waals surface area (Å²) in [7, 11) is 0. The summed E-state index contributed by atoms with van der Waals surface area (Å²) >= 11 is 0. The van der Waals surface area contributed by atoms with Crippen molar-refractivity contribution in [2.45, 2.75) is 6.92 Å². The van der Waals surface area contributed by atoms with E-state index in [1.54, 1.807) is 0 Å². The highest BCUT2D eigenvalue weighted by Gasteiger charge is 2.07. The molecule has 0 heterocycles. The molecule has 4 rings (SSSR count). The number of nitrogens with zero attached hydrogens (tertiary/aromatic N) is 1. The Hall–Kier alpha value is -3.06. The Balaban J connectivity index is 1.66. The lowest BCUT2D eigenvalue weighted by atomic mass is 10.0. The van der Waals surface area contributed by atoms with Crippen molar-refractivity contribution in [1.82, 2.24) is 0 Å². The predicted molar refractivity (Wildman–Crippen MR) is 109 cm³/mol. The molecule has 0 aromatic heterocycles. The van der Waals surface area contributed by atoms with Crippen molar-refractivity contribution in [3.05, 3.63) is 97.1 Å². The first-order valence-electron chi connectivity index (χ1n) is 8.77. The molecule has 4 aromatic carbocycles. The molecule has 25 heavy (non-hydrogen) atoms. The highest BCUT2D eigenvalue weighted by Crippen LogP contribution is 2.29. The number of hydrogen-bond donors (Lipinski definition) is 0. The summed E-state index contributed by atoms with van der Waals surface area (Å²) < 4.78 is 0. The van der Waals surface area contributed by atoms with Gasteiger partial charge in [-0.1, -0.05) is 66.7 Å². The maximum Gasteiger partial charge on any atom is 0.0411 e. The van der Waals surface area contributed by atoms with E-state index in [2.05, 4.69) is 109 Å². The molecule has 122 valence electrons. The van der Waals surface area contributed by atoms with Gasteiger partial charge in [0, 0.05) is 17.9 Å². The molecule has 0 radical (unpaired) electrons. The molecule has 0 atom stereocenters. The van der Waals surface area contributed by atoms with Crippen LogP contribution in [0.5, 0.6) is 0 Å². The Kier molecular flexibility index (Phi) is 4.22. The van der Waals surface area contributed by atoms with Gasteiger partial charge in [-0.15, -0.1) is 0 Å². The third-order valence-electron chi connectivity index (χ3n) is 4.65. The number of para-hydroxylation sites is 1. The van der Waals surface area contributed by atoms with Gasteiger partial charge in [0.05, 0.1) is 0 Å². The van der Waals surface area contributed by atoms with Crippen LogP contribution in [0.2, 0.25) is 0 Å². The van der Waals surface area contributed by atoms with Crippen LogP contribution in [0.1, 0.15) is 6.92 Å². The van der Waals surface area contributed by atoms with Crippen LogP contribution >= 0.6 is 0 Å². The van der Waals surface area contributed by atoms with E-state index in [-0.39, 0.29) is 0 Å². The minimum Gasteiger partial charge on any atom is -0.342 e. The Bertz CT molecular complexity index is 972. The van der Waals surface area contributed by atoms with Gasteiger partial charge in [0.15, 0.2) is 0 Å². The highest BCUT2D eigenvalue weighted by atomic mass is 15.1. The van der Waals surface area contributed by atoms with Crippen molar-refractivity contribution in [3.8, 4) is 11.1 Å². The van der Waals surface area contributed by atoms with Crippen molar-refractivity contribution in [2.75, 3.05) is 11.4 Å². The molecule has 0 bridgehead atoms. The third-order valence-corrected chi connectivity index (χ3v) is 4.65. The molecule has 0 aliphatic heterocycles. The van der Waals surface area contributed by atoms with Crippen LogP contribution in [-0.4, -0.2) is 6.54 Å². The van der Waals surface area contributed by atoms with Gasteiger partial charge in [0.1, 0.15) is 0 Å². The molecule has 0 saturated heterocycles. The summed E-state index contributed by atoms with van der Waals surface area (Å²) in [6.07, 6.45) is 0. The van der Waals surface area contributed by atoms with Gasteiger partial charge in [-0.3, -0.25) is 0 Å². The molecular weight excluding hydrogens is 302 g/mol. The van der Waals surface area contributed by atoms with Crippen molar-refractivity contribution in [1.29, 1.82) is 0 Å². The first-order valence-corrected chi connectivity index (χ1v) is 8.77. The topological polar surface area (TPSA) is 3.24 Å². The standard InChI is InChI=1S/C24H21N/c1-2-25(23-10-4-3-5-11-23)24-16-14-20(15-17-24)22-13-12-19-8-6-7-9-21(19)18-22/h3-18H,2H2,1H3. The molecule has 4 aromatic rings. The average molecular weight is 323 g/mol. The van der Waals surface area contributed by atoms with E-state index in [1.165, 1.54) is 33.3 Å². The van der Waals surface area contributed by atoms with Crippen molar-refractivity contribution < 1.29 is 0 Å². The normalized spacial score (nSPS) is 10.8. The molecule has 0 spiro atoms. The fourth-order valence-electron chi connectivity index (χ4n) is 3.32.